The molecule has 1 aliphatic rings. The fraction of sp³-hybridized carbons (Fsp3) is 0.231. The van der Waals surface area contributed by atoms with Crippen molar-refractivity contribution in [3.63, 3.8) is 0 Å². The van der Waals surface area contributed by atoms with Gasteiger partial charge in [0.25, 0.3) is 0 Å². The number of thiazole rings is 1. The third kappa shape index (κ3) is 2.95. The summed E-state index contributed by atoms with van der Waals surface area (Å²) < 4.78 is 22.7. The van der Waals surface area contributed by atoms with Crippen molar-refractivity contribution < 1.29 is 13.2 Å². The van der Waals surface area contributed by atoms with Crippen LogP contribution in [0.25, 0.3) is 10.4 Å². The van der Waals surface area contributed by atoms with Gasteiger partial charge in [-0.1, -0.05) is 41.7 Å². The maximum atomic E-state index is 11.9. The topological polar surface area (TPSA) is 67.3 Å². The number of halogens is 1. The molecule has 0 spiro atoms. The first-order valence-electron chi connectivity index (χ1n) is 6.20. The Morgan fingerprint density at radius 1 is 1.29 bits per heavy atom. The van der Waals surface area contributed by atoms with Crippen molar-refractivity contribution in [3.8, 4) is 10.4 Å². The van der Waals surface area contributed by atoms with E-state index in [1.54, 1.807) is 6.20 Å². The molecule has 0 aliphatic carbocycles. The van der Waals surface area contributed by atoms with E-state index in [2.05, 4.69) is 4.98 Å². The molecule has 1 amide bonds. The van der Waals surface area contributed by atoms with E-state index in [-0.39, 0.29) is 18.9 Å². The average Bonchev–Trinajstić information content (AvgIpc) is 3.05. The van der Waals surface area contributed by atoms with Gasteiger partial charge < -0.3 is 0 Å². The second-order valence-corrected chi connectivity index (χ2v) is 8.60. The monoisotopic (exact) mass is 342 g/mol. The molecule has 1 aromatic heterocycles. The molecule has 1 aliphatic heterocycles. The first-order valence-corrected chi connectivity index (χ1v) is 9.39. The van der Waals surface area contributed by atoms with Gasteiger partial charge in [0.15, 0.2) is 5.13 Å². The number of rotatable bonds is 3. The highest BCUT2D eigenvalue weighted by molar-refractivity contribution is 8.14. The van der Waals surface area contributed by atoms with E-state index in [4.69, 9.17) is 10.7 Å². The lowest BCUT2D eigenvalue weighted by Crippen LogP contribution is -2.26. The molecule has 1 saturated heterocycles. The van der Waals surface area contributed by atoms with Crippen LogP contribution in [0.1, 0.15) is 6.42 Å². The number of hydrogen-bond donors (Lipinski definition) is 0. The van der Waals surface area contributed by atoms with Crippen LogP contribution in [0.5, 0.6) is 0 Å². The van der Waals surface area contributed by atoms with E-state index in [9.17, 15) is 13.2 Å². The molecule has 1 unspecified atom stereocenters. The Kier molecular flexibility index (Phi) is 3.73. The number of nitrogens with zero attached hydrogens (tertiary/aromatic N) is 2. The molecular weight excluding hydrogens is 332 g/mol. The molecule has 8 heteroatoms. The Balaban J connectivity index is 1.86. The number of aromatic nitrogens is 1. The van der Waals surface area contributed by atoms with E-state index in [1.165, 1.54) is 16.2 Å². The smallest absolute Gasteiger partial charge is 0.237 e. The minimum Gasteiger partial charge on any atom is -0.287 e. The van der Waals surface area contributed by atoms with Crippen molar-refractivity contribution in [1.29, 1.82) is 0 Å². The zero-order valence-corrected chi connectivity index (χ0v) is 13.2. The van der Waals surface area contributed by atoms with Gasteiger partial charge >= 0.3 is 0 Å². The summed E-state index contributed by atoms with van der Waals surface area (Å²) in [4.78, 5) is 18.5. The predicted molar refractivity (Wildman–Crippen MR) is 83.1 cm³/mol. The Morgan fingerprint density at radius 2 is 2.00 bits per heavy atom. The Bertz CT molecular complexity index is 774. The van der Waals surface area contributed by atoms with Gasteiger partial charge in [0.1, 0.15) is 5.25 Å². The average molecular weight is 343 g/mol. The Hall–Kier alpha value is -1.44. The lowest BCUT2D eigenvalue weighted by atomic mass is 10.2. The third-order valence-corrected chi connectivity index (χ3v) is 6.21. The van der Waals surface area contributed by atoms with Crippen LogP contribution in [0.4, 0.5) is 5.13 Å². The van der Waals surface area contributed by atoms with E-state index in [0.29, 0.717) is 5.13 Å². The van der Waals surface area contributed by atoms with Crippen LogP contribution < -0.4 is 4.90 Å². The normalized spacial score (nSPS) is 19.2. The quantitative estimate of drug-likeness (QED) is 0.804. The fourth-order valence-electron chi connectivity index (χ4n) is 2.17. The number of hydrogen-bond acceptors (Lipinski definition) is 5. The lowest BCUT2D eigenvalue weighted by molar-refractivity contribution is -0.117. The molecular formula is C13H11ClN2O3S2. The molecule has 2 heterocycles. The number of carbonyl (C=O) groups is 1. The van der Waals surface area contributed by atoms with Crippen LogP contribution in [-0.2, 0) is 13.8 Å². The molecule has 1 aromatic carbocycles. The molecule has 2 aromatic rings. The summed E-state index contributed by atoms with van der Waals surface area (Å²) in [6, 6.07) is 9.67. The summed E-state index contributed by atoms with van der Waals surface area (Å²) in [5.74, 6) is -0.266. The second kappa shape index (κ2) is 5.40. The van der Waals surface area contributed by atoms with Crippen molar-refractivity contribution >= 4 is 42.1 Å². The summed E-state index contributed by atoms with van der Waals surface area (Å²) in [5, 5.41) is -0.364. The van der Waals surface area contributed by atoms with Gasteiger partial charge in [-0.3, -0.25) is 9.69 Å². The van der Waals surface area contributed by atoms with Crippen LogP contribution >= 0.6 is 22.0 Å². The first-order chi connectivity index (χ1) is 9.95. The summed E-state index contributed by atoms with van der Waals surface area (Å²) in [6.45, 7) is 0.0619. The number of amides is 1. The van der Waals surface area contributed by atoms with Gasteiger partial charge in [0.05, 0.1) is 4.88 Å². The van der Waals surface area contributed by atoms with Crippen molar-refractivity contribution in [2.75, 3.05) is 11.4 Å². The highest BCUT2D eigenvalue weighted by atomic mass is 35.7. The highest BCUT2D eigenvalue weighted by Gasteiger charge is 2.39. The maximum absolute atomic E-state index is 11.9. The second-order valence-electron chi connectivity index (χ2n) is 4.68. The van der Waals surface area contributed by atoms with Crippen molar-refractivity contribution in [2.45, 2.75) is 11.7 Å². The van der Waals surface area contributed by atoms with Crippen LogP contribution in [0.3, 0.4) is 0 Å². The highest BCUT2D eigenvalue weighted by Crippen LogP contribution is 2.34. The van der Waals surface area contributed by atoms with E-state index >= 15 is 0 Å². The minimum atomic E-state index is -3.74. The SMILES string of the molecule is O=C1CC(S(=O)(=O)Cl)CN1c1ncc(-c2ccccc2)s1. The molecule has 0 bridgehead atoms. The summed E-state index contributed by atoms with van der Waals surface area (Å²) in [5.41, 5.74) is 1.01. The summed E-state index contributed by atoms with van der Waals surface area (Å²) in [7, 11) is 1.60. The molecule has 0 saturated carbocycles. The fourth-order valence-corrected chi connectivity index (χ4v) is 4.15. The first kappa shape index (κ1) is 14.5. The van der Waals surface area contributed by atoms with E-state index in [0.717, 1.165) is 10.4 Å². The summed E-state index contributed by atoms with van der Waals surface area (Å²) >= 11 is 1.36. The van der Waals surface area contributed by atoms with Crippen LogP contribution in [0.15, 0.2) is 36.5 Å². The van der Waals surface area contributed by atoms with Crippen LogP contribution in [-0.4, -0.2) is 31.1 Å². The minimum absolute atomic E-state index is 0.0619. The maximum Gasteiger partial charge on any atom is 0.237 e. The number of carbonyl (C=O) groups excluding carboxylic acids is 1. The standard InChI is InChI=1S/C13H11ClN2O3S2/c14-21(18,19)10-6-12(17)16(8-10)13-15-7-11(20-13)9-4-2-1-3-5-9/h1-5,7,10H,6,8H2. The molecule has 21 heavy (non-hydrogen) atoms. The zero-order valence-electron chi connectivity index (χ0n) is 10.8. The van der Waals surface area contributed by atoms with Crippen molar-refractivity contribution in [2.24, 2.45) is 0 Å². The largest absolute Gasteiger partial charge is 0.287 e. The van der Waals surface area contributed by atoms with Gasteiger partial charge in [-0.25, -0.2) is 13.4 Å². The number of anilines is 1. The van der Waals surface area contributed by atoms with Gasteiger partial charge in [0, 0.05) is 29.8 Å². The molecule has 1 fully saturated rings. The van der Waals surface area contributed by atoms with Gasteiger partial charge in [-0.2, -0.15) is 0 Å². The van der Waals surface area contributed by atoms with Crippen molar-refractivity contribution in [1.82, 2.24) is 4.98 Å². The lowest BCUT2D eigenvalue weighted by Gasteiger charge is -2.11. The molecule has 3 rings (SSSR count). The Morgan fingerprint density at radius 3 is 2.62 bits per heavy atom. The molecule has 0 radical (unpaired) electrons. The third-order valence-electron chi connectivity index (χ3n) is 3.27. The van der Waals surface area contributed by atoms with Gasteiger partial charge in [0.2, 0.25) is 15.0 Å². The van der Waals surface area contributed by atoms with Gasteiger partial charge in [-0.15, -0.1) is 0 Å². The molecule has 110 valence electrons. The summed E-state index contributed by atoms with van der Waals surface area (Å²) in [6.07, 6.45) is 1.59. The van der Waals surface area contributed by atoms with Crippen LogP contribution in [0.2, 0.25) is 0 Å². The molecule has 1 atom stereocenters. The predicted octanol–water partition coefficient (Wildman–Crippen LogP) is 2.48. The zero-order chi connectivity index (χ0) is 15.0. The molecule has 5 nitrogen and oxygen atoms in total. The number of benzene rings is 1. The van der Waals surface area contributed by atoms with Crippen LogP contribution in [0, 0.1) is 0 Å². The van der Waals surface area contributed by atoms with E-state index < -0.39 is 14.3 Å². The Labute approximate surface area is 130 Å². The van der Waals surface area contributed by atoms with Crippen molar-refractivity contribution in [3.05, 3.63) is 36.5 Å². The van der Waals surface area contributed by atoms with Gasteiger partial charge in [-0.05, 0) is 5.56 Å². The van der Waals surface area contributed by atoms with E-state index in [1.807, 2.05) is 30.3 Å². The molecule has 0 N–H and O–H groups in total.